The highest BCUT2D eigenvalue weighted by molar-refractivity contribution is 9.10. The number of carboxylic acid groups (broad SMARTS) is 1. The number of nitrogens with zero attached hydrogens (tertiary/aromatic N) is 1. The number of urea groups is 1. The maximum absolute atomic E-state index is 13.3. The van der Waals surface area contributed by atoms with E-state index in [1.54, 1.807) is 18.2 Å². The number of rotatable bonds is 7. The molecule has 37 heavy (non-hydrogen) atoms. The number of anilines is 1. The van der Waals surface area contributed by atoms with Crippen molar-refractivity contribution in [3.05, 3.63) is 93.2 Å². The van der Waals surface area contributed by atoms with Gasteiger partial charge in [-0.1, -0.05) is 28.1 Å². The lowest BCUT2D eigenvalue weighted by Gasteiger charge is -2.26. The van der Waals surface area contributed by atoms with Crippen LogP contribution < -0.4 is 19.7 Å². The number of imide groups is 2. The average Bonchev–Trinajstić information content (AvgIpc) is 2.87. The molecule has 1 aliphatic rings. The topological polar surface area (TPSA) is 122 Å². The molecule has 3 aromatic rings. The fourth-order valence-corrected chi connectivity index (χ4v) is 3.96. The lowest BCUT2D eigenvalue weighted by molar-refractivity contribution is -0.122. The molecule has 1 saturated heterocycles. The average molecular weight is 569 g/mol. The quantitative estimate of drug-likeness (QED) is 0.317. The number of benzene rings is 3. The normalized spacial score (nSPS) is 14.5. The Morgan fingerprint density at radius 3 is 2.49 bits per heavy atom. The molecule has 4 rings (SSSR count). The molecule has 11 heteroatoms. The minimum Gasteiger partial charge on any atom is -0.493 e. The van der Waals surface area contributed by atoms with Crippen molar-refractivity contribution in [3.8, 4) is 11.5 Å². The number of nitrogens with one attached hydrogen (secondary N) is 1. The van der Waals surface area contributed by atoms with Crippen LogP contribution in [0.15, 0.2) is 70.7 Å². The molecule has 9 nitrogen and oxygen atoms in total. The van der Waals surface area contributed by atoms with E-state index < -0.39 is 29.6 Å². The number of ether oxygens (including phenoxy) is 2. The minimum atomic E-state index is -1.06. The molecule has 3 aromatic carbocycles. The van der Waals surface area contributed by atoms with E-state index in [9.17, 15) is 23.6 Å². The third-order valence-electron chi connectivity index (χ3n) is 5.34. The first-order valence-corrected chi connectivity index (χ1v) is 11.5. The van der Waals surface area contributed by atoms with Gasteiger partial charge in [-0.25, -0.2) is 18.9 Å². The first-order chi connectivity index (χ1) is 17.7. The van der Waals surface area contributed by atoms with Crippen molar-refractivity contribution < 1.29 is 38.1 Å². The summed E-state index contributed by atoms with van der Waals surface area (Å²) in [5.74, 6) is -2.78. The number of methoxy groups -OCH3 is 1. The van der Waals surface area contributed by atoms with Crippen LogP contribution in [-0.2, 0) is 16.2 Å². The molecule has 0 radical (unpaired) electrons. The number of barbiturate groups is 1. The van der Waals surface area contributed by atoms with E-state index >= 15 is 0 Å². The predicted octanol–water partition coefficient (Wildman–Crippen LogP) is 4.54. The summed E-state index contributed by atoms with van der Waals surface area (Å²) in [5.41, 5.74) is 0.892. The van der Waals surface area contributed by atoms with Gasteiger partial charge in [0, 0.05) is 4.47 Å². The summed E-state index contributed by atoms with van der Waals surface area (Å²) in [6.45, 7) is 0.0555. The van der Waals surface area contributed by atoms with Crippen LogP contribution in [0.1, 0.15) is 21.5 Å². The van der Waals surface area contributed by atoms with E-state index in [1.807, 2.05) is 0 Å². The summed E-state index contributed by atoms with van der Waals surface area (Å²) in [6, 6.07) is 13.1. The SMILES string of the molecule is COc1cc(/C=C2\C(=O)NC(=O)N(c3ccc(F)cc3)C2=O)c(Br)cc1OCc1cccc(C(=O)O)c1. The van der Waals surface area contributed by atoms with Crippen LogP contribution in [0.3, 0.4) is 0 Å². The van der Waals surface area contributed by atoms with Gasteiger partial charge >= 0.3 is 12.0 Å². The maximum atomic E-state index is 13.3. The second-order valence-corrected chi connectivity index (χ2v) is 8.61. The van der Waals surface area contributed by atoms with Gasteiger partial charge in [0.25, 0.3) is 11.8 Å². The molecule has 0 atom stereocenters. The Morgan fingerprint density at radius 2 is 1.81 bits per heavy atom. The first-order valence-electron chi connectivity index (χ1n) is 10.7. The Labute approximate surface area is 218 Å². The summed E-state index contributed by atoms with van der Waals surface area (Å²) in [5, 5.41) is 11.3. The number of aromatic carboxylic acids is 1. The van der Waals surface area contributed by atoms with Crippen LogP contribution in [0.4, 0.5) is 14.9 Å². The number of amides is 4. The smallest absolute Gasteiger partial charge is 0.335 e. The van der Waals surface area contributed by atoms with E-state index in [-0.39, 0.29) is 29.2 Å². The van der Waals surface area contributed by atoms with Crippen molar-refractivity contribution in [3.63, 3.8) is 0 Å². The van der Waals surface area contributed by atoms with Crippen molar-refractivity contribution in [2.45, 2.75) is 6.61 Å². The standard InChI is InChI=1S/C26H18BrFN2O7/c1-36-21-11-16(20(27)12-22(21)37-13-14-3-2-4-15(9-14)25(33)34)10-19-23(31)29-26(35)30(24(19)32)18-7-5-17(28)6-8-18/h2-12H,13H2,1H3,(H,33,34)(H,29,31,35)/b19-10+. The number of hydrogen-bond acceptors (Lipinski definition) is 6. The van der Waals surface area contributed by atoms with Crippen LogP contribution >= 0.6 is 15.9 Å². The summed E-state index contributed by atoms with van der Waals surface area (Å²) in [6.07, 6.45) is 1.29. The molecule has 0 aromatic heterocycles. The Hall–Kier alpha value is -4.51. The van der Waals surface area contributed by atoms with E-state index in [2.05, 4.69) is 21.2 Å². The molecule has 0 bridgehead atoms. The second kappa shape index (κ2) is 10.6. The Bertz CT molecular complexity index is 1450. The zero-order chi connectivity index (χ0) is 26.7. The molecule has 0 unspecified atom stereocenters. The van der Waals surface area contributed by atoms with Gasteiger partial charge in [-0.3, -0.25) is 14.9 Å². The minimum absolute atomic E-state index is 0.0555. The summed E-state index contributed by atoms with van der Waals surface area (Å²) >= 11 is 3.39. The van der Waals surface area contributed by atoms with Gasteiger partial charge in [-0.05, 0) is 65.7 Å². The van der Waals surface area contributed by atoms with Crippen molar-refractivity contribution in [2.75, 3.05) is 12.0 Å². The van der Waals surface area contributed by atoms with E-state index in [0.29, 0.717) is 21.3 Å². The molecular weight excluding hydrogens is 551 g/mol. The van der Waals surface area contributed by atoms with Gasteiger partial charge < -0.3 is 14.6 Å². The lowest BCUT2D eigenvalue weighted by atomic mass is 10.1. The van der Waals surface area contributed by atoms with Crippen molar-refractivity contribution >= 4 is 51.5 Å². The van der Waals surface area contributed by atoms with E-state index in [4.69, 9.17) is 14.6 Å². The fourth-order valence-electron chi connectivity index (χ4n) is 3.53. The summed E-state index contributed by atoms with van der Waals surface area (Å²) in [4.78, 5) is 49.8. The van der Waals surface area contributed by atoms with Gasteiger partial charge in [0.15, 0.2) is 11.5 Å². The molecule has 0 spiro atoms. The zero-order valence-electron chi connectivity index (χ0n) is 19.2. The number of carboxylic acids is 1. The number of halogens is 2. The first kappa shape index (κ1) is 25.6. The largest absolute Gasteiger partial charge is 0.493 e. The molecule has 2 N–H and O–H groups in total. The summed E-state index contributed by atoms with van der Waals surface area (Å²) in [7, 11) is 1.41. The second-order valence-electron chi connectivity index (χ2n) is 7.75. The lowest BCUT2D eigenvalue weighted by Crippen LogP contribution is -2.54. The van der Waals surface area contributed by atoms with Crippen molar-refractivity contribution in [2.24, 2.45) is 0 Å². The van der Waals surface area contributed by atoms with Crippen LogP contribution in [0, 0.1) is 5.82 Å². The predicted molar refractivity (Wildman–Crippen MR) is 134 cm³/mol. The zero-order valence-corrected chi connectivity index (χ0v) is 20.7. The van der Waals surface area contributed by atoms with Crippen molar-refractivity contribution in [1.29, 1.82) is 0 Å². The molecule has 1 heterocycles. The molecular formula is C26H18BrFN2O7. The van der Waals surface area contributed by atoms with Gasteiger partial charge in [-0.15, -0.1) is 0 Å². The molecule has 1 fully saturated rings. The van der Waals surface area contributed by atoms with Crippen molar-refractivity contribution in [1.82, 2.24) is 5.32 Å². The van der Waals surface area contributed by atoms with Gasteiger partial charge in [0.2, 0.25) is 0 Å². The molecule has 0 aliphatic carbocycles. The van der Waals surface area contributed by atoms with Gasteiger partial charge in [-0.2, -0.15) is 0 Å². The third-order valence-corrected chi connectivity index (χ3v) is 6.02. The van der Waals surface area contributed by atoms with Crippen LogP contribution in [0.25, 0.3) is 6.08 Å². The van der Waals surface area contributed by atoms with E-state index in [1.165, 1.54) is 43.5 Å². The van der Waals surface area contributed by atoms with Crippen LogP contribution in [-0.4, -0.2) is 36.0 Å². The highest BCUT2D eigenvalue weighted by Crippen LogP contribution is 2.35. The number of hydrogen-bond donors (Lipinski definition) is 2. The highest BCUT2D eigenvalue weighted by atomic mass is 79.9. The monoisotopic (exact) mass is 568 g/mol. The highest BCUT2D eigenvalue weighted by Gasteiger charge is 2.37. The van der Waals surface area contributed by atoms with E-state index in [0.717, 1.165) is 17.0 Å². The van der Waals surface area contributed by atoms with Crippen LogP contribution in [0.5, 0.6) is 11.5 Å². The van der Waals surface area contributed by atoms with Gasteiger partial charge in [0.1, 0.15) is 18.0 Å². The molecule has 1 aliphatic heterocycles. The summed E-state index contributed by atoms with van der Waals surface area (Å²) < 4.78 is 25.0. The molecule has 4 amide bonds. The number of carbonyl (C=O) groups excluding carboxylic acids is 3. The fraction of sp³-hybridized carbons (Fsp3) is 0.0769. The maximum Gasteiger partial charge on any atom is 0.335 e. The molecule has 0 saturated carbocycles. The molecule has 188 valence electrons. The Kier molecular flexibility index (Phi) is 7.35. The Morgan fingerprint density at radius 1 is 1.08 bits per heavy atom. The Balaban J connectivity index is 1.62. The number of carbonyl (C=O) groups is 4. The third kappa shape index (κ3) is 5.51. The van der Waals surface area contributed by atoms with Gasteiger partial charge in [0.05, 0.1) is 18.4 Å². The van der Waals surface area contributed by atoms with Crippen LogP contribution in [0.2, 0.25) is 0 Å².